The lowest BCUT2D eigenvalue weighted by atomic mass is 10.2. The second kappa shape index (κ2) is 6.92. The van der Waals surface area contributed by atoms with Crippen molar-refractivity contribution in [2.24, 2.45) is 0 Å². The summed E-state index contributed by atoms with van der Waals surface area (Å²) in [5.74, 6) is 1.44. The van der Waals surface area contributed by atoms with Gasteiger partial charge in [-0.05, 0) is 27.7 Å². The molecule has 0 fully saturated rings. The van der Waals surface area contributed by atoms with Crippen LogP contribution in [0.2, 0.25) is 0 Å². The van der Waals surface area contributed by atoms with Crippen molar-refractivity contribution in [1.29, 1.82) is 0 Å². The first kappa shape index (κ1) is 15.2. The van der Waals surface area contributed by atoms with Gasteiger partial charge in [-0.1, -0.05) is 0 Å². The maximum Gasteiger partial charge on any atom is 0.223 e. The van der Waals surface area contributed by atoms with Gasteiger partial charge in [0.25, 0.3) is 0 Å². The van der Waals surface area contributed by atoms with E-state index in [1.807, 2.05) is 37.5 Å². The highest BCUT2D eigenvalue weighted by molar-refractivity contribution is 5.90. The molecule has 19 heavy (non-hydrogen) atoms. The van der Waals surface area contributed by atoms with Gasteiger partial charge in [-0.2, -0.15) is 9.97 Å². The minimum Gasteiger partial charge on any atom is -0.368 e. The van der Waals surface area contributed by atoms with Gasteiger partial charge in [0, 0.05) is 26.2 Å². The molecule has 0 bridgehead atoms. The van der Waals surface area contributed by atoms with Gasteiger partial charge in [0.05, 0.1) is 5.56 Å². The van der Waals surface area contributed by atoms with E-state index >= 15 is 0 Å². The number of aromatic nitrogens is 2. The lowest BCUT2D eigenvalue weighted by molar-refractivity contribution is 0.112. The van der Waals surface area contributed by atoms with Crippen molar-refractivity contribution in [3.8, 4) is 0 Å². The summed E-state index contributed by atoms with van der Waals surface area (Å²) in [7, 11) is 0. The van der Waals surface area contributed by atoms with Crippen molar-refractivity contribution < 1.29 is 4.79 Å². The normalized spacial score (nSPS) is 10.3. The van der Waals surface area contributed by atoms with Crippen molar-refractivity contribution in [3.63, 3.8) is 0 Å². The summed E-state index contributed by atoms with van der Waals surface area (Å²) in [5, 5.41) is 0. The Kier molecular flexibility index (Phi) is 5.54. The molecule has 0 aliphatic heterocycles. The van der Waals surface area contributed by atoms with Gasteiger partial charge < -0.3 is 15.5 Å². The highest BCUT2D eigenvalue weighted by Gasteiger charge is 2.19. The van der Waals surface area contributed by atoms with Crippen LogP contribution >= 0.6 is 0 Å². The van der Waals surface area contributed by atoms with Crippen LogP contribution < -0.4 is 15.5 Å². The van der Waals surface area contributed by atoms with Crippen LogP contribution in [0.25, 0.3) is 0 Å². The lowest BCUT2D eigenvalue weighted by Crippen LogP contribution is -2.29. The largest absolute Gasteiger partial charge is 0.368 e. The zero-order valence-electron chi connectivity index (χ0n) is 12.2. The van der Waals surface area contributed by atoms with Crippen molar-refractivity contribution in [2.75, 3.05) is 41.7 Å². The summed E-state index contributed by atoms with van der Waals surface area (Å²) in [5.41, 5.74) is 6.30. The van der Waals surface area contributed by atoms with E-state index in [0.29, 0.717) is 17.2 Å². The third kappa shape index (κ3) is 3.13. The molecule has 0 amide bonds. The summed E-state index contributed by atoms with van der Waals surface area (Å²) in [6.07, 6.45) is 0.820. The number of anilines is 3. The molecule has 1 aromatic rings. The van der Waals surface area contributed by atoms with Gasteiger partial charge in [0.2, 0.25) is 5.95 Å². The van der Waals surface area contributed by atoms with Crippen LogP contribution in [0.3, 0.4) is 0 Å². The molecule has 2 N–H and O–H groups in total. The summed E-state index contributed by atoms with van der Waals surface area (Å²) >= 11 is 0. The molecule has 1 rings (SSSR count). The van der Waals surface area contributed by atoms with Crippen LogP contribution in [0.1, 0.15) is 38.1 Å². The maximum atomic E-state index is 11.5. The minimum absolute atomic E-state index is 0.203. The van der Waals surface area contributed by atoms with Crippen LogP contribution in [0, 0.1) is 0 Å². The topological polar surface area (TPSA) is 75.4 Å². The second-order valence-electron chi connectivity index (χ2n) is 4.11. The van der Waals surface area contributed by atoms with Crippen LogP contribution in [0.5, 0.6) is 0 Å². The highest BCUT2D eigenvalue weighted by Crippen LogP contribution is 2.26. The molecular formula is C13H23N5O. The Balaban J connectivity index is 3.43. The van der Waals surface area contributed by atoms with Gasteiger partial charge in [-0.25, -0.2) is 0 Å². The van der Waals surface area contributed by atoms with E-state index in [1.54, 1.807) is 0 Å². The summed E-state index contributed by atoms with van der Waals surface area (Å²) in [4.78, 5) is 23.9. The number of carbonyl (C=O) groups is 1. The monoisotopic (exact) mass is 265 g/mol. The molecule has 0 aliphatic rings. The van der Waals surface area contributed by atoms with E-state index in [-0.39, 0.29) is 5.95 Å². The molecule has 6 nitrogen and oxygen atoms in total. The van der Waals surface area contributed by atoms with Gasteiger partial charge in [0.1, 0.15) is 11.6 Å². The van der Waals surface area contributed by atoms with Crippen molar-refractivity contribution in [1.82, 2.24) is 9.97 Å². The van der Waals surface area contributed by atoms with E-state index in [4.69, 9.17) is 5.73 Å². The fourth-order valence-electron chi connectivity index (χ4n) is 2.10. The number of hydrogen-bond acceptors (Lipinski definition) is 6. The molecule has 0 aliphatic carbocycles. The number of nitrogens with two attached hydrogens (primary N) is 1. The number of rotatable bonds is 7. The molecule has 0 saturated carbocycles. The van der Waals surface area contributed by atoms with E-state index in [2.05, 4.69) is 9.97 Å². The molecule has 0 radical (unpaired) electrons. The van der Waals surface area contributed by atoms with E-state index in [1.165, 1.54) is 0 Å². The Morgan fingerprint density at radius 2 is 1.32 bits per heavy atom. The standard InChI is InChI=1S/C13H23N5O/c1-5-17(6-2)11-10(9-19)12(16-13(14)15-11)18(7-3)8-4/h9H,5-8H2,1-4H3,(H2,14,15,16). The minimum atomic E-state index is 0.203. The van der Waals surface area contributed by atoms with Gasteiger partial charge in [0.15, 0.2) is 6.29 Å². The van der Waals surface area contributed by atoms with Crippen LogP contribution in [0.4, 0.5) is 17.6 Å². The summed E-state index contributed by atoms with van der Waals surface area (Å²) in [6, 6.07) is 0. The van der Waals surface area contributed by atoms with Crippen molar-refractivity contribution in [2.45, 2.75) is 27.7 Å². The Hall–Kier alpha value is -1.85. The molecular weight excluding hydrogens is 242 g/mol. The molecule has 0 aromatic carbocycles. The van der Waals surface area contributed by atoms with Crippen molar-refractivity contribution >= 4 is 23.9 Å². The average Bonchev–Trinajstić information content (AvgIpc) is 2.41. The molecule has 6 heteroatoms. The van der Waals surface area contributed by atoms with Gasteiger partial charge in [-0.3, -0.25) is 4.79 Å². The zero-order chi connectivity index (χ0) is 14.4. The summed E-state index contributed by atoms with van der Waals surface area (Å²) < 4.78 is 0. The molecule has 1 aromatic heterocycles. The molecule has 106 valence electrons. The number of hydrogen-bond donors (Lipinski definition) is 1. The Labute approximate surface area is 114 Å². The Morgan fingerprint density at radius 1 is 0.947 bits per heavy atom. The molecule has 0 saturated heterocycles. The SMILES string of the molecule is CCN(CC)c1nc(N)nc(N(CC)CC)c1C=O. The lowest BCUT2D eigenvalue weighted by Gasteiger charge is -2.26. The fourth-order valence-corrected chi connectivity index (χ4v) is 2.10. The van der Waals surface area contributed by atoms with Gasteiger partial charge >= 0.3 is 0 Å². The van der Waals surface area contributed by atoms with Crippen LogP contribution in [-0.4, -0.2) is 42.4 Å². The van der Waals surface area contributed by atoms with E-state index < -0.39 is 0 Å². The first-order valence-corrected chi connectivity index (χ1v) is 6.75. The van der Waals surface area contributed by atoms with Gasteiger partial charge in [-0.15, -0.1) is 0 Å². The second-order valence-corrected chi connectivity index (χ2v) is 4.11. The fraction of sp³-hybridized carbons (Fsp3) is 0.615. The molecule has 1 heterocycles. The Morgan fingerprint density at radius 3 is 1.58 bits per heavy atom. The first-order chi connectivity index (χ1) is 9.12. The molecule has 0 atom stereocenters. The first-order valence-electron chi connectivity index (χ1n) is 6.75. The number of aldehydes is 1. The van der Waals surface area contributed by atoms with Crippen LogP contribution in [-0.2, 0) is 0 Å². The van der Waals surface area contributed by atoms with E-state index in [0.717, 1.165) is 32.5 Å². The number of nitrogens with zero attached hydrogens (tertiary/aromatic N) is 4. The van der Waals surface area contributed by atoms with Crippen molar-refractivity contribution in [3.05, 3.63) is 5.56 Å². The third-order valence-electron chi connectivity index (χ3n) is 3.17. The van der Waals surface area contributed by atoms with Crippen LogP contribution in [0.15, 0.2) is 0 Å². The number of nitrogen functional groups attached to an aromatic ring is 1. The predicted molar refractivity (Wildman–Crippen MR) is 79.0 cm³/mol. The smallest absolute Gasteiger partial charge is 0.223 e. The quantitative estimate of drug-likeness (QED) is 0.754. The highest BCUT2D eigenvalue weighted by atomic mass is 16.1. The predicted octanol–water partition coefficient (Wildman–Crippen LogP) is 1.56. The van der Waals surface area contributed by atoms with E-state index in [9.17, 15) is 4.79 Å². The molecule has 0 spiro atoms. The Bertz CT molecular complexity index is 394. The maximum absolute atomic E-state index is 11.5. The molecule has 0 unspecified atom stereocenters. The zero-order valence-corrected chi connectivity index (χ0v) is 12.2. The third-order valence-corrected chi connectivity index (χ3v) is 3.17. The average molecular weight is 265 g/mol. The number of carbonyl (C=O) groups excluding carboxylic acids is 1. The summed E-state index contributed by atoms with van der Waals surface area (Å²) in [6.45, 7) is 11.2.